The van der Waals surface area contributed by atoms with Gasteiger partial charge in [0.1, 0.15) is 0 Å². The lowest BCUT2D eigenvalue weighted by Gasteiger charge is -2.18. The van der Waals surface area contributed by atoms with Crippen LogP contribution in [0.1, 0.15) is 25.3 Å². The zero-order chi connectivity index (χ0) is 12.0. The Morgan fingerprint density at radius 2 is 2.00 bits per heavy atom. The maximum atomic E-state index is 11.5. The zero-order valence-electron chi connectivity index (χ0n) is 10.2. The highest BCUT2D eigenvalue weighted by Crippen LogP contribution is 2.12. The quantitative estimate of drug-likeness (QED) is 0.830. The van der Waals surface area contributed by atoms with E-state index in [-0.39, 0.29) is 6.03 Å². The maximum Gasteiger partial charge on any atom is 0.317 e. The Morgan fingerprint density at radius 3 is 2.56 bits per heavy atom. The van der Waals surface area contributed by atoms with Crippen molar-refractivity contribution in [2.75, 3.05) is 20.1 Å². The molecule has 0 fully saturated rings. The van der Waals surface area contributed by atoms with Crippen molar-refractivity contribution >= 4 is 6.03 Å². The Hall–Kier alpha value is -1.51. The fourth-order valence-electron chi connectivity index (χ4n) is 1.42. The number of carbonyl (C=O) groups excluding carboxylic acids is 1. The van der Waals surface area contributed by atoms with Crippen molar-refractivity contribution in [3.63, 3.8) is 0 Å². The summed E-state index contributed by atoms with van der Waals surface area (Å²) in [6.45, 7) is 5.47. The maximum absolute atomic E-state index is 11.5. The van der Waals surface area contributed by atoms with Crippen LogP contribution in [0.25, 0.3) is 0 Å². The highest BCUT2D eigenvalue weighted by molar-refractivity contribution is 5.73. The Kier molecular flexibility index (Phi) is 4.83. The first-order valence-electron chi connectivity index (χ1n) is 5.69. The van der Waals surface area contributed by atoms with Gasteiger partial charge >= 0.3 is 6.03 Å². The number of nitrogens with one attached hydrogen (secondary N) is 1. The second-order valence-corrected chi connectivity index (χ2v) is 4.01. The molecule has 1 aromatic carbocycles. The third-order valence-corrected chi connectivity index (χ3v) is 2.75. The van der Waals surface area contributed by atoms with Crippen molar-refractivity contribution in [2.45, 2.75) is 19.8 Å². The molecule has 16 heavy (non-hydrogen) atoms. The summed E-state index contributed by atoms with van der Waals surface area (Å²) in [5.74, 6) is 0.343. The first-order valence-corrected chi connectivity index (χ1v) is 5.69. The van der Waals surface area contributed by atoms with Crippen LogP contribution in [0, 0.1) is 0 Å². The molecular weight excluding hydrogens is 200 g/mol. The molecule has 0 aliphatic heterocycles. The normalized spacial score (nSPS) is 11.9. The van der Waals surface area contributed by atoms with Gasteiger partial charge in [0.15, 0.2) is 0 Å². The molecule has 0 spiro atoms. The molecule has 1 atom stereocenters. The van der Waals surface area contributed by atoms with Crippen LogP contribution < -0.4 is 5.32 Å². The van der Waals surface area contributed by atoms with E-state index in [2.05, 4.69) is 24.4 Å². The lowest BCUT2D eigenvalue weighted by atomic mass is 10.0. The standard InChI is InChI=1S/C13H20N2O/c1-4-15(3)13(16)14-10-11(2)12-8-6-5-7-9-12/h5-9,11H,4,10H2,1-3H3,(H,14,16). The van der Waals surface area contributed by atoms with Crippen LogP contribution in [0.5, 0.6) is 0 Å². The molecule has 0 aromatic heterocycles. The predicted octanol–water partition coefficient (Wildman–Crippen LogP) is 2.45. The molecular formula is C13H20N2O. The van der Waals surface area contributed by atoms with Gasteiger partial charge in [0.25, 0.3) is 0 Å². The predicted molar refractivity (Wildman–Crippen MR) is 66.6 cm³/mol. The summed E-state index contributed by atoms with van der Waals surface area (Å²) in [5, 5.41) is 2.92. The van der Waals surface area contributed by atoms with Gasteiger partial charge in [-0.3, -0.25) is 0 Å². The van der Waals surface area contributed by atoms with Crippen LogP contribution in [-0.4, -0.2) is 31.1 Å². The smallest absolute Gasteiger partial charge is 0.317 e. The van der Waals surface area contributed by atoms with E-state index in [0.29, 0.717) is 12.5 Å². The number of amides is 2. The SMILES string of the molecule is CCN(C)C(=O)NCC(C)c1ccccc1. The molecule has 0 bridgehead atoms. The van der Waals surface area contributed by atoms with Crippen molar-refractivity contribution in [2.24, 2.45) is 0 Å². The molecule has 0 aliphatic carbocycles. The van der Waals surface area contributed by atoms with Gasteiger partial charge in [-0.05, 0) is 18.4 Å². The Labute approximate surface area is 97.5 Å². The van der Waals surface area contributed by atoms with Crippen molar-refractivity contribution in [3.8, 4) is 0 Å². The third kappa shape index (κ3) is 3.57. The molecule has 0 radical (unpaired) electrons. The van der Waals surface area contributed by atoms with Gasteiger partial charge in [0.05, 0.1) is 0 Å². The van der Waals surface area contributed by atoms with Gasteiger partial charge in [0.2, 0.25) is 0 Å². The van der Waals surface area contributed by atoms with E-state index in [4.69, 9.17) is 0 Å². The molecule has 0 heterocycles. The summed E-state index contributed by atoms with van der Waals surface area (Å²) in [6.07, 6.45) is 0. The van der Waals surface area contributed by atoms with E-state index < -0.39 is 0 Å². The summed E-state index contributed by atoms with van der Waals surface area (Å²) >= 11 is 0. The van der Waals surface area contributed by atoms with Gasteiger partial charge in [-0.15, -0.1) is 0 Å². The zero-order valence-corrected chi connectivity index (χ0v) is 10.2. The van der Waals surface area contributed by atoms with Gasteiger partial charge < -0.3 is 10.2 Å². The van der Waals surface area contributed by atoms with Crippen LogP contribution in [0.2, 0.25) is 0 Å². The minimum absolute atomic E-state index is 0.00900. The molecule has 3 nitrogen and oxygen atoms in total. The van der Waals surface area contributed by atoms with Gasteiger partial charge in [-0.2, -0.15) is 0 Å². The molecule has 0 saturated carbocycles. The van der Waals surface area contributed by atoms with Gasteiger partial charge in [0, 0.05) is 20.1 Å². The Balaban J connectivity index is 2.42. The number of urea groups is 1. The molecule has 0 saturated heterocycles. The van der Waals surface area contributed by atoms with Crippen molar-refractivity contribution < 1.29 is 4.79 Å². The second kappa shape index (κ2) is 6.16. The molecule has 2 amide bonds. The van der Waals surface area contributed by atoms with E-state index in [1.165, 1.54) is 5.56 Å². The van der Waals surface area contributed by atoms with Crippen molar-refractivity contribution in [3.05, 3.63) is 35.9 Å². The van der Waals surface area contributed by atoms with Crippen LogP contribution in [0.15, 0.2) is 30.3 Å². The van der Waals surface area contributed by atoms with Gasteiger partial charge in [-0.1, -0.05) is 37.3 Å². The van der Waals surface area contributed by atoms with Crippen molar-refractivity contribution in [1.29, 1.82) is 0 Å². The number of hydrogen-bond donors (Lipinski definition) is 1. The van der Waals surface area contributed by atoms with E-state index in [1.807, 2.05) is 25.1 Å². The monoisotopic (exact) mass is 220 g/mol. The summed E-state index contributed by atoms with van der Waals surface area (Å²) in [4.78, 5) is 13.2. The summed E-state index contributed by atoms with van der Waals surface area (Å²) in [7, 11) is 1.79. The van der Waals surface area contributed by atoms with Crippen LogP contribution in [0.4, 0.5) is 4.79 Å². The minimum Gasteiger partial charge on any atom is -0.337 e. The molecule has 0 aliphatic rings. The average molecular weight is 220 g/mol. The number of nitrogens with zero attached hydrogens (tertiary/aromatic N) is 1. The lowest BCUT2D eigenvalue weighted by Crippen LogP contribution is -2.38. The van der Waals surface area contributed by atoms with E-state index in [9.17, 15) is 4.79 Å². The molecule has 1 rings (SSSR count). The summed E-state index contributed by atoms with van der Waals surface area (Å²) in [5.41, 5.74) is 1.25. The molecule has 1 unspecified atom stereocenters. The van der Waals surface area contributed by atoms with Crippen LogP contribution >= 0.6 is 0 Å². The number of hydrogen-bond acceptors (Lipinski definition) is 1. The molecule has 88 valence electrons. The highest BCUT2D eigenvalue weighted by atomic mass is 16.2. The Bertz CT molecular complexity index is 324. The molecule has 1 N–H and O–H groups in total. The average Bonchev–Trinajstić information content (AvgIpc) is 2.35. The molecule has 3 heteroatoms. The number of carbonyl (C=O) groups is 1. The van der Waals surface area contributed by atoms with Crippen LogP contribution in [0.3, 0.4) is 0 Å². The molecule has 1 aromatic rings. The number of benzene rings is 1. The van der Waals surface area contributed by atoms with E-state index in [1.54, 1.807) is 11.9 Å². The first kappa shape index (κ1) is 12.6. The van der Waals surface area contributed by atoms with Crippen molar-refractivity contribution in [1.82, 2.24) is 10.2 Å². The third-order valence-electron chi connectivity index (χ3n) is 2.75. The fourth-order valence-corrected chi connectivity index (χ4v) is 1.42. The van der Waals surface area contributed by atoms with Crippen LogP contribution in [-0.2, 0) is 0 Å². The minimum atomic E-state index is -0.00900. The summed E-state index contributed by atoms with van der Waals surface area (Å²) in [6, 6.07) is 10.2. The number of rotatable bonds is 4. The largest absolute Gasteiger partial charge is 0.337 e. The fraction of sp³-hybridized carbons (Fsp3) is 0.462. The second-order valence-electron chi connectivity index (χ2n) is 4.01. The summed E-state index contributed by atoms with van der Waals surface area (Å²) < 4.78 is 0. The first-order chi connectivity index (χ1) is 7.65. The van der Waals surface area contributed by atoms with E-state index in [0.717, 1.165) is 6.54 Å². The van der Waals surface area contributed by atoms with Gasteiger partial charge in [-0.25, -0.2) is 4.79 Å². The van der Waals surface area contributed by atoms with E-state index >= 15 is 0 Å². The Morgan fingerprint density at radius 1 is 1.38 bits per heavy atom. The lowest BCUT2D eigenvalue weighted by molar-refractivity contribution is 0.210. The highest BCUT2D eigenvalue weighted by Gasteiger charge is 2.09. The topological polar surface area (TPSA) is 32.3 Å².